The fourth-order valence-electron chi connectivity index (χ4n) is 3.67. The Labute approximate surface area is 168 Å². The summed E-state index contributed by atoms with van der Waals surface area (Å²) in [6.45, 7) is 6.18. The van der Waals surface area contributed by atoms with Crippen LogP contribution in [0.3, 0.4) is 0 Å². The van der Waals surface area contributed by atoms with E-state index in [0.29, 0.717) is 37.6 Å². The molecule has 2 fully saturated rings. The first-order chi connectivity index (χ1) is 13.2. The molecule has 158 valence electrons. The summed E-state index contributed by atoms with van der Waals surface area (Å²) in [7, 11) is -7.03. The van der Waals surface area contributed by atoms with Crippen LogP contribution in [0.4, 0.5) is 0 Å². The molecule has 1 aromatic carbocycles. The first-order valence-electron chi connectivity index (χ1n) is 9.58. The van der Waals surface area contributed by atoms with Crippen molar-refractivity contribution in [2.75, 3.05) is 58.7 Å². The highest BCUT2D eigenvalue weighted by Crippen LogP contribution is 2.27. The number of rotatable bonds is 8. The number of hydrogen-bond donors (Lipinski definition) is 0. The molecular weight excluding hydrogens is 402 g/mol. The third-order valence-corrected chi connectivity index (χ3v) is 8.64. The molecule has 2 saturated heterocycles. The summed E-state index contributed by atoms with van der Waals surface area (Å²) in [5, 5.41) is 0. The minimum atomic E-state index is -3.61. The van der Waals surface area contributed by atoms with Crippen LogP contribution in [0.15, 0.2) is 29.2 Å². The van der Waals surface area contributed by atoms with Crippen molar-refractivity contribution < 1.29 is 21.6 Å². The Hall–Kier alpha value is -1.04. The predicted octanol–water partition coefficient (Wildman–Crippen LogP) is 0.216. The van der Waals surface area contributed by atoms with E-state index in [9.17, 15) is 16.8 Å². The highest BCUT2D eigenvalue weighted by molar-refractivity contribution is 7.89. The minimum absolute atomic E-state index is 0.191. The molecule has 0 N–H and O–H groups in total. The maximum Gasteiger partial charge on any atom is 0.243 e. The van der Waals surface area contributed by atoms with Crippen molar-refractivity contribution >= 4 is 20.0 Å². The summed E-state index contributed by atoms with van der Waals surface area (Å²) in [5.74, 6) is 0. The van der Waals surface area contributed by atoms with E-state index < -0.39 is 20.0 Å². The van der Waals surface area contributed by atoms with Crippen molar-refractivity contribution in [3.63, 3.8) is 0 Å². The lowest BCUT2D eigenvalue weighted by molar-refractivity contribution is 0.0330. The molecule has 0 atom stereocenters. The lowest BCUT2D eigenvalue weighted by atomic mass is 10.2. The van der Waals surface area contributed by atoms with E-state index in [-0.39, 0.29) is 19.1 Å². The minimum Gasteiger partial charge on any atom is -0.379 e. The molecule has 1 aromatic rings. The maximum absolute atomic E-state index is 13.0. The van der Waals surface area contributed by atoms with Crippen LogP contribution < -0.4 is 0 Å². The second-order valence-electron chi connectivity index (χ2n) is 7.26. The zero-order chi connectivity index (χ0) is 20.4. The van der Waals surface area contributed by atoms with Crippen LogP contribution in [0.5, 0.6) is 0 Å². The highest BCUT2D eigenvalue weighted by atomic mass is 32.2. The topological polar surface area (TPSA) is 87.2 Å². The number of morpholine rings is 1. The summed E-state index contributed by atoms with van der Waals surface area (Å²) >= 11 is 0. The number of aryl methyl sites for hydroxylation is 1. The van der Waals surface area contributed by atoms with Gasteiger partial charge in [-0.05, 0) is 18.1 Å². The molecule has 8 nitrogen and oxygen atoms in total. The Morgan fingerprint density at radius 1 is 1.11 bits per heavy atom. The zero-order valence-corrected chi connectivity index (χ0v) is 18.1. The van der Waals surface area contributed by atoms with E-state index in [1.54, 1.807) is 12.1 Å². The van der Waals surface area contributed by atoms with E-state index in [2.05, 4.69) is 4.90 Å². The van der Waals surface area contributed by atoms with Gasteiger partial charge in [0.2, 0.25) is 20.0 Å². The molecule has 0 aliphatic carbocycles. The van der Waals surface area contributed by atoms with Gasteiger partial charge < -0.3 is 4.74 Å². The Bertz CT molecular complexity index is 876. The number of sulfonamides is 2. The summed E-state index contributed by atoms with van der Waals surface area (Å²) in [6.07, 6.45) is 1.82. The maximum atomic E-state index is 13.0. The van der Waals surface area contributed by atoms with Crippen molar-refractivity contribution in [1.29, 1.82) is 0 Å². The van der Waals surface area contributed by atoms with Crippen LogP contribution in [0, 0.1) is 0 Å². The fraction of sp³-hybridized carbons (Fsp3) is 0.667. The molecule has 0 aromatic heterocycles. The lowest BCUT2D eigenvalue weighted by Gasteiger charge is -2.44. The van der Waals surface area contributed by atoms with E-state index in [4.69, 9.17) is 4.74 Å². The van der Waals surface area contributed by atoms with Crippen molar-refractivity contribution in [2.24, 2.45) is 0 Å². The number of benzene rings is 1. The quantitative estimate of drug-likeness (QED) is 0.585. The van der Waals surface area contributed by atoms with E-state index >= 15 is 0 Å². The van der Waals surface area contributed by atoms with E-state index in [1.165, 1.54) is 14.9 Å². The number of nitrogens with zero attached hydrogens (tertiary/aromatic N) is 3. The molecule has 10 heteroatoms. The summed E-state index contributed by atoms with van der Waals surface area (Å²) in [6, 6.07) is 6.66. The monoisotopic (exact) mass is 431 g/mol. The van der Waals surface area contributed by atoms with Crippen molar-refractivity contribution in [3.8, 4) is 0 Å². The Balaban J connectivity index is 1.66. The Kier molecular flexibility index (Phi) is 6.78. The third kappa shape index (κ3) is 4.74. The van der Waals surface area contributed by atoms with Gasteiger partial charge in [0.25, 0.3) is 0 Å². The molecule has 2 heterocycles. The van der Waals surface area contributed by atoms with Gasteiger partial charge in [0.05, 0.1) is 30.4 Å². The Morgan fingerprint density at radius 2 is 1.75 bits per heavy atom. The normalized spacial score (nSPS) is 20.4. The number of ether oxygens (including phenoxy) is 1. The van der Waals surface area contributed by atoms with Crippen LogP contribution in [-0.2, 0) is 31.2 Å². The SMILES string of the molecule is CCc1ccccc1S(=O)(=O)N1CC(N(CCN2CCOCC2)S(C)(=O)=O)C1. The second kappa shape index (κ2) is 8.76. The molecule has 0 spiro atoms. The van der Waals surface area contributed by atoms with Gasteiger partial charge >= 0.3 is 0 Å². The molecule has 2 aliphatic heterocycles. The van der Waals surface area contributed by atoms with Crippen molar-refractivity contribution in [1.82, 2.24) is 13.5 Å². The fourth-order valence-corrected chi connectivity index (χ4v) is 6.56. The van der Waals surface area contributed by atoms with Gasteiger partial charge in [-0.15, -0.1) is 0 Å². The molecule has 28 heavy (non-hydrogen) atoms. The Morgan fingerprint density at radius 3 is 2.36 bits per heavy atom. The number of hydrogen-bond acceptors (Lipinski definition) is 6. The average Bonchev–Trinajstić information content (AvgIpc) is 2.63. The summed E-state index contributed by atoms with van der Waals surface area (Å²) < 4.78 is 58.6. The lowest BCUT2D eigenvalue weighted by Crippen LogP contribution is -2.62. The summed E-state index contributed by atoms with van der Waals surface area (Å²) in [5.41, 5.74) is 0.776. The average molecular weight is 432 g/mol. The van der Waals surface area contributed by atoms with Gasteiger partial charge in [0.1, 0.15) is 0 Å². The smallest absolute Gasteiger partial charge is 0.243 e. The first-order valence-corrected chi connectivity index (χ1v) is 12.9. The van der Waals surface area contributed by atoms with Gasteiger partial charge in [0.15, 0.2) is 0 Å². The first kappa shape index (κ1) is 21.7. The standard InChI is InChI=1S/C18H29N3O5S2/c1-3-16-6-4-5-7-18(16)28(24,25)20-14-17(15-20)21(27(2,22)23)9-8-19-10-12-26-13-11-19/h4-7,17H,3,8-15H2,1-2H3. The van der Waals surface area contributed by atoms with Gasteiger partial charge in [-0.2, -0.15) is 8.61 Å². The van der Waals surface area contributed by atoms with Crippen LogP contribution in [0.2, 0.25) is 0 Å². The van der Waals surface area contributed by atoms with Gasteiger partial charge in [0, 0.05) is 39.3 Å². The molecule has 2 aliphatic rings. The van der Waals surface area contributed by atoms with Crippen LogP contribution in [-0.4, -0.2) is 95.1 Å². The highest BCUT2D eigenvalue weighted by Gasteiger charge is 2.42. The molecule has 0 saturated carbocycles. The van der Waals surface area contributed by atoms with Crippen LogP contribution >= 0.6 is 0 Å². The van der Waals surface area contributed by atoms with Crippen molar-refractivity contribution in [3.05, 3.63) is 29.8 Å². The van der Waals surface area contributed by atoms with Crippen molar-refractivity contribution in [2.45, 2.75) is 24.3 Å². The third-order valence-electron chi connectivity index (χ3n) is 5.37. The van der Waals surface area contributed by atoms with Gasteiger partial charge in [-0.25, -0.2) is 16.8 Å². The molecule has 0 amide bonds. The second-order valence-corrected chi connectivity index (χ2v) is 11.1. The van der Waals surface area contributed by atoms with Gasteiger partial charge in [-0.1, -0.05) is 25.1 Å². The summed E-state index contributed by atoms with van der Waals surface area (Å²) in [4.78, 5) is 2.49. The van der Waals surface area contributed by atoms with Gasteiger partial charge in [-0.3, -0.25) is 4.90 Å². The molecule has 0 radical (unpaired) electrons. The predicted molar refractivity (Wildman–Crippen MR) is 107 cm³/mol. The molecule has 0 bridgehead atoms. The zero-order valence-electron chi connectivity index (χ0n) is 16.5. The molecule has 3 rings (SSSR count). The largest absolute Gasteiger partial charge is 0.379 e. The van der Waals surface area contributed by atoms with E-state index in [1.807, 2.05) is 19.1 Å². The molecular formula is C18H29N3O5S2. The van der Waals surface area contributed by atoms with Crippen LogP contribution in [0.1, 0.15) is 12.5 Å². The van der Waals surface area contributed by atoms with Crippen LogP contribution in [0.25, 0.3) is 0 Å². The van der Waals surface area contributed by atoms with E-state index in [0.717, 1.165) is 18.7 Å². The molecule has 0 unspecified atom stereocenters.